The molecule has 0 saturated heterocycles. The lowest BCUT2D eigenvalue weighted by Crippen LogP contribution is -2.38. The molecule has 0 spiro atoms. The van der Waals surface area contributed by atoms with Crippen LogP contribution in [0.5, 0.6) is 0 Å². The number of pyridine rings is 1. The Balaban J connectivity index is 1.62. The molecular formula is C20H19F4N3O2. The molecule has 0 bridgehead atoms. The Morgan fingerprint density at radius 2 is 1.97 bits per heavy atom. The summed E-state index contributed by atoms with van der Waals surface area (Å²) in [6.45, 7) is 0.450. The number of nitrogens with one attached hydrogen (secondary N) is 1. The zero-order valence-corrected chi connectivity index (χ0v) is 15.3. The van der Waals surface area contributed by atoms with E-state index in [0.29, 0.717) is 30.5 Å². The third kappa shape index (κ3) is 5.11. The normalized spacial score (nSPS) is 14.5. The third-order valence-electron chi connectivity index (χ3n) is 4.56. The molecule has 1 aliphatic heterocycles. The van der Waals surface area contributed by atoms with Gasteiger partial charge in [-0.2, -0.15) is 13.2 Å². The first-order chi connectivity index (χ1) is 13.8. The SMILES string of the molecule is O=C(Nc1ccc(C(F)(F)F)cc1)N1CC=C(c2ncc(CCO)cc2F)CC1. The van der Waals surface area contributed by atoms with Crippen LogP contribution in [-0.2, 0) is 12.6 Å². The Hall–Kier alpha value is -2.94. The minimum Gasteiger partial charge on any atom is -0.396 e. The molecule has 1 aliphatic rings. The van der Waals surface area contributed by atoms with Crippen LogP contribution in [0.1, 0.15) is 23.2 Å². The number of hydrogen-bond acceptors (Lipinski definition) is 3. The summed E-state index contributed by atoms with van der Waals surface area (Å²) in [7, 11) is 0. The van der Waals surface area contributed by atoms with E-state index in [1.165, 1.54) is 29.3 Å². The molecule has 29 heavy (non-hydrogen) atoms. The minimum atomic E-state index is -4.43. The number of anilines is 1. The summed E-state index contributed by atoms with van der Waals surface area (Å²) in [4.78, 5) is 17.9. The van der Waals surface area contributed by atoms with E-state index in [2.05, 4.69) is 10.3 Å². The van der Waals surface area contributed by atoms with Gasteiger partial charge in [-0.1, -0.05) is 6.08 Å². The fraction of sp³-hybridized carbons (Fsp3) is 0.300. The summed E-state index contributed by atoms with van der Waals surface area (Å²) in [5, 5.41) is 11.5. The molecule has 154 valence electrons. The molecule has 0 fully saturated rings. The Labute approximate surface area is 164 Å². The average molecular weight is 409 g/mol. The highest BCUT2D eigenvalue weighted by atomic mass is 19.4. The summed E-state index contributed by atoms with van der Waals surface area (Å²) in [6, 6.07) is 5.07. The summed E-state index contributed by atoms with van der Waals surface area (Å²) in [6.07, 6.45) is -0.507. The molecule has 0 unspecified atom stereocenters. The number of aliphatic hydroxyl groups excluding tert-OH is 1. The zero-order chi connectivity index (χ0) is 21.0. The van der Waals surface area contributed by atoms with Gasteiger partial charge < -0.3 is 15.3 Å². The number of aromatic nitrogens is 1. The molecule has 0 atom stereocenters. The van der Waals surface area contributed by atoms with Gasteiger partial charge in [-0.3, -0.25) is 4.98 Å². The lowest BCUT2D eigenvalue weighted by atomic mass is 10.0. The third-order valence-corrected chi connectivity index (χ3v) is 4.56. The second kappa shape index (κ2) is 8.60. The van der Waals surface area contributed by atoms with E-state index in [4.69, 9.17) is 5.11 Å². The Morgan fingerprint density at radius 1 is 1.24 bits per heavy atom. The van der Waals surface area contributed by atoms with Crippen LogP contribution in [0.3, 0.4) is 0 Å². The molecule has 9 heteroatoms. The number of benzene rings is 1. The molecule has 0 aliphatic carbocycles. The van der Waals surface area contributed by atoms with Gasteiger partial charge in [0.25, 0.3) is 0 Å². The number of carbonyl (C=O) groups is 1. The molecule has 3 rings (SSSR count). The molecule has 2 amide bonds. The van der Waals surface area contributed by atoms with Crippen molar-refractivity contribution in [2.24, 2.45) is 0 Å². The minimum absolute atomic E-state index is 0.0911. The maximum absolute atomic E-state index is 14.3. The number of halogens is 4. The first-order valence-corrected chi connectivity index (χ1v) is 8.96. The molecular weight excluding hydrogens is 390 g/mol. The Bertz CT molecular complexity index is 911. The smallest absolute Gasteiger partial charge is 0.396 e. The van der Waals surface area contributed by atoms with Crippen LogP contribution in [0.15, 0.2) is 42.6 Å². The number of nitrogens with zero attached hydrogens (tertiary/aromatic N) is 2. The number of urea groups is 1. The number of hydrogen-bond donors (Lipinski definition) is 2. The van der Waals surface area contributed by atoms with Gasteiger partial charge in [0.2, 0.25) is 0 Å². The fourth-order valence-corrected chi connectivity index (χ4v) is 2.99. The summed E-state index contributed by atoms with van der Waals surface area (Å²) in [5.74, 6) is -0.482. The lowest BCUT2D eigenvalue weighted by Gasteiger charge is -2.26. The Kier molecular flexibility index (Phi) is 6.17. The van der Waals surface area contributed by atoms with Crippen molar-refractivity contribution in [2.45, 2.75) is 19.0 Å². The van der Waals surface area contributed by atoms with Crippen LogP contribution < -0.4 is 5.32 Å². The van der Waals surface area contributed by atoms with E-state index >= 15 is 0 Å². The predicted octanol–water partition coefficient (Wildman–Crippen LogP) is 4.10. The topological polar surface area (TPSA) is 65.5 Å². The van der Waals surface area contributed by atoms with Gasteiger partial charge >= 0.3 is 12.2 Å². The lowest BCUT2D eigenvalue weighted by molar-refractivity contribution is -0.137. The van der Waals surface area contributed by atoms with Crippen molar-refractivity contribution in [3.05, 3.63) is 65.2 Å². The molecule has 2 N–H and O–H groups in total. The molecule has 1 aromatic carbocycles. The van der Waals surface area contributed by atoms with E-state index < -0.39 is 23.6 Å². The van der Waals surface area contributed by atoms with Gasteiger partial charge in [0.05, 0.1) is 5.56 Å². The number of carbonyl (C=O) groups excluding carboxylic acids is 1. The van der Waals surface area contributed by atoms with E-state index in [-0.39, 0.29) is 24.5 Å². The van der Waals surface area contributed by atoms with Gasteiger partial charge in [-0.15, -0.1) is 0 Å². The van der Waals surface area contributed by atoms with Crippen LogP contribution in [0.4, 0.5) is 28.0 Å². The van der Waals surface area contributed by atoms with E-state index in [9.17, 15) is 22.4 Å². The monoisotopic (exact) mass is 409 g/mol. The summed E-state index contributed by atoms with van der Waals surface area (Å²) >= 11 is 0. The van der Waals surface area contributed by atoms with E-state index in [0.717, 1.165) is 12.1 Å². The molecule has 0 saturated carbocycles. The van der Waals surface area contributed by atoms with Crippen LogP contribution in [-0.4, -0.2) is 40.7 Å². The van der Waals surface area contributed by atoms with Crippen molar-refractivity contribution in [2.75, 3.05) is 25.0 Å². The summed E-state index contributed by atoms with van der Waals surface area (Å²) in [5.41, 5.74) is 0.958. The van der Waals surface area contributed by atoms with Crippen LogP contribution >= 0.6 is 0 Å². The van der Waals surface area contributed by atoms with E-state index in [1.807, 2.05) is 0 Å². The Morgan fingerprint density at radius 3 is 2.52 bits per heavy atom. The largest absolute Gasteiger partial charge is 0.416 e. The number of rotatable bonds is 4. The van der Waals surface area contributed by atoms with Crippen molar-refractivity contribution in [3.63, 3.8) is 0 Å². The fourth-order valence-electron chi connectivity index (χ4n) is 2.99. The van der Waals surface area contributed by atoms with Crippen molar-refractivity contribution in [3.8, 4) is 0 Å². The quantitative estimate of drug-likeness (QED) is 0.748. The van der Waals surface area contributed by atoms with Gasteiger partial charge in [0.1, 0.15) is 11.5 Å². The molecule has 5 nitrogen and oxygen atoms in total. The summed E-state index contributed by atoms with van der Waals surface area (Å²) < 4.78 is 52.0. The molecule has 1 aromatic heterocycles. The second-order valence-electron chi connectivity index (χ2n) is 6.58. The number of aliphatic hydroxyl groups is 1. The van der Waals surface area contributed by atoms with Gasteiger partial charge in [0, 0.05) is 31.6 Å². The van der Waals surface area contributed by atoms with Crippen molar-refractivity contribution >= 4 is 17.3 Å². The van der Waals surface area contributed by atoms with Gasteiger partial charge in [0.15, 0.2) is 0 Å². The van der Waals surface area contributed by atoms with Crippen molar-refractivity contribution in [1.29, 1.82) is 0 Å². The van der Waals surface area contributed by atoms with Gasteiger partial charge in [-0.25, -0.2) is 9.18 Å². The first-order valence-electron chi connectivity index (χ1n) is 8.96. The highest BCUT2D eigenvalue weighted by Crippen LogP contribution is 2.30. The van der Waals surface area contributed by atoms with Crippen LogP contribution in [0.2, 0.25) is 0 Å². The molecule has 2 aromatic rings. The molecule has 2 heterocycles. The van der Waals surface area contributed by atoms with Crippen LogP contribution in [0.25, 0.3) is 5.57 Å². The maximum atomic E-state index is 14.3. The molecule has 0 radical (unpaired) electrons. The predicted molar refractivity (Wildman–Crippen MR) is 99.6 cm³/mol. The standard InChI is InChI=1S/C20H19F4N3O2/c21-17-11-13(7-10-28)12-25-18(17)14-5-8-27(9-6-14)19(29)26-16-3-1-15(2-4-16)20(22,23)24/h1-5,11-12,28H,6-10H2,(H,26,29). The number of amides is 2. The van der Waals surface area contributed by atoms with Gasteiger partial charge in [-0.05, 0) is 54.3 Å². The number of alkyl halides is 3. The maximum Gasteiger partial charge on any atom is 0.416 e. The van der Waals surface area contributed by atoms with Crippen molar-refractivity contribution < 1.29 is 27.5 Å². The highest BCUT2D eigenvalue weighted by Gasteiger charge is 2.30. The first kappa shape index (κ1) is 20.8. The van der Waals surface area contributed by atoms with Crippen molar-refractivity contribution in [1.82, 2.24) is 9.88 Å². The average Bonchev–Trinajstić information content (AvgIpc) is 2.68. The van der Waals surface area contributed by atoms with Crippen LogP contribution in [0, 0.1) is 5.82 Å². The van der Waals surface area contributed by atoms with E-state index in [1.54, 1.807) is 6.08 Å². The highest BCUT2D eigenvalue weighted by molar-refractivity contribution is 5.90. The second-order valence-corrected chi connectivity index (χ2v) is 6.58. The zero-order valence-electron chi connectivity index (χ0n) is 15.3.